The quantitative estimate of drug-likeness (QED) is 0.0903. The minimum atomic E-state index is -0.520. The van der Waals surface area contributed by atoms with Crippen molar-refractivity contribution in [3.63, 3.8) is 0 Å². The van der Waals surface area contributed by atoms with E-state index in [2.05, 4.69) is 21.3 Å². The highest BCUT2D eigenvalue weighted by Crippen LogP contribution is 2.24. The Kier molecular flexibility index (Phi) is 16.8. The number of para-hydroxylation sites is 3. The number of carbonyl (C=O) groups is 3. The maximum absolute atomic E-state index is 14.1. The molecule has 0 radical (unpaired) electrons. The number of ether oxygens (including phenoxy) is 3. The van der Waals surface area contributed by atoms with Gasteiger partial charge in [-0.15, -0.1) is 0 Å². The molecule has 0 fully saturated rings. The van der Waals surface area contributed by atoms with Gasteiger partial charge in [0.25, 0.3) is 11.4 Å². The maximum atomic E-state index is 14.1. The molecule has 0 aromatic heterocycles. The number of fused-ring (bicyclic) bond motifs is 2. The van der Waals surface area contributed by atoms with Crippen molar-refractivity contribution >= 4 is 46.5 Å². The van der Waals surface area contributed by atoms with Gasteiger partial charge in [0, 0.05) is 91.7 Å². The summed E-state index contributed by atoms with van der Waals surface area (Å²) in [7, 11) is 0. The molecule has 334 valence electrons. The van der Waals surface area contributed by atoms with Crippen LogP contribution in [0.5, 0.6) is 11.5 Å². The molecule has 64 heavy (non-hydrogen) atoms. The van der Waals surface area contributed by atoms with Gasteiger partial charge in [0.15, 0.2) is 0 Å². The number of nitro benzene ring substituents is 2. The monoisotopic (exact) mass is 875 g/mol. The SMILES string of the molecule is O=C(NCCN1CCN(C(=O)Nc2ccc([N+](=O)[O-])cc2)Cc2ccccc2OCCOCCOc2ccccc2CN(C(=O)Nc2ccc([N+](=O)[O-])cc2)CC1)Nc1ccccc1. The molecule has 0 aliphatic carbocycles. The normalized spacial score (nSPS) is 14.2. The van der Waals surface area contributed by atoms with Crippen molar-refractivity contribution in [1.29, 1.82) is 0 Å². The van der Waals surface area contributed by atoms with E-state index in [1.165, 1.54) is 48.5 Å². The number of amides is 6. The van der Waals surface area contributed by atoms with E-state index in [0.717, 1.165) is 11.1 Å². The third-order valence-corrected chi connectivity index (χ3v) is 9.99. The van der Waals surface area contributed by atoms with Crippen LogP contribution in [-0.2, 0) is 17.8 Å². The van der Waals surface area contributed by atoms with Gasteiger partial charge in [-0.3, -0.25) is 25.1 Å². The summed E-state index contributed by atoms with van der Waals surface area (Å²) in [5, 5.41) is 34.0. The molecule has 6 amide bonds. The van der Waals surface area contributed by atoms with Crippen LogP contribution in [0.3, 0.4) is 0 Å². The first-order valence-corrected chi connectivity index (χ1v) is 20.5. The topological polar surface area (TPSA) is 223 Å². The highest BCUT2D eigenvalue weighted by Gasteiger charge is 2.22. The summed E-state index contributed by atoms with van der Waals surface area (Å²) in [6.07, 6.45) is 0. The standard InChI is InChI=1S/C45H49N9O10/c55-43(47-36-10-2-1-3-11-36)46-22-23-50-24-26-51(44(56)48-37-14-18-39(19-15-37)53(58)59)32-34-8-4-6-12-41(34)63-30-28-62-29-31-64-42-13-7-5-9-35(42)33-52(27-25-50)45(57)49-38-16-20-40(21-17-38)54(60)61/h1-21H,22-33H2,(H,48,56)(H,49,57)(H2,46,47,55). The van der Waals surface area contributed by atoms with Crippen LogP contribution >= 0.6 is 0 Å². The van der Waals surface area contributed by atoms with Gasteiger partial charge in [0.1, 0.15) is 24.7 Å². The van der Waals surface area contributed by atoms with E-state index in [0.29, 0.717) is 35.1 Å². The summed E-state index contributed by atoms with van der Waals surface area (Å²) in [6.45, 7) is 2.62. The maximum Gasteiger partial charge on any atom is 0.322 e. The number of non-ortho nitro benzene ring substituents is 2. The Balaban J connectivity index is 1.28. The number of nitro groups is 2. The van der Waals surface area contributed by atoms with E-state index >= 15 is 0 Å². The van der Waals surface area contributed by atoms with Crippen LogP contribution in [0.1, 0.15) is 11.1 Å². The van der Waals surface area contributed by atoms with Gasteiger partial charge in [-0.25, -0.2) is 14.4 Å². The van der Waals surface area contributed by atoms with Gasteiger partial charge in [0.2, 0.25) is 0 Å². The summed E-state index contributed by atoms with van der Waals surface area (Å²) in [6, 6.07) is 33.4. The van der Waals surface area contributed by atoms with Crippen molar-refractivity contribution in [3.8, 4) is 11.5 Å². The summed E-state index contributed by atoms with van der Waals surface area (Å²) in [4.78, 5) is 67.8. The van der Waals surface area contributed by atoms with Crippen molar-refractivity contribution in [2.24, 2.45) is 0 Å². The lowest BCUT2D eigenvalue weighted by atomic mass is 10.2. The van der Waals surface area contributed by atoms with Gasteiger partial charge in [-0.1, -0.05) is 54.6 Å². The van der Waals surface area contributed by atoms with Crippen LogP contribution in [0.4, 0.5) is 42.8 Å². The first kappa shape index (κ1) is 45.7. The van der Waals surface area contributed by atoms with Crippen LogP contribution in [0.15, 0.2) is 127 Å². The molecule has 1 aliphatic heterocycles. The second kappa shape index (κ2) is 23.4. The van der Waals surface area contributed by atoms with Crippen molar-refractivity contribution in [2.75, 3.05) is 81.6 Å². The van der Waals surface area contributed by atoms with Crippen molar-refractivity contribution < 1.29 is 38.4 Å². The number of nitrogens with one attached hydrogen (secondary N) is 4. The molecule has 19 heteroatoms. The molecule has 0 spiro atoms. The molecule has 6 rings (SSSR count). The molecule has 0 saturated heterocycles. The number of hydrogen-bond acceptors (Lipinski definition) is 11. The van der Waals surface area contributed by atoms with E-state index in [4.69, 9.17) is 14.2 Å². The number of carbonyl (C=O) groups excluding carboxylic acids is 3. The van der Waals surface area contributed by atoms with Crippen LogP contribution in [0, 0.1) is 20.2 Å². The molecule has 4 N–H and O–H groups in total. The molecule has 1 aliphatic rings. The Labute approximate surface area is 369 Å². The second-order valence-corrected chi connectivity index (χ2v) is 14.4. The van der Waals surface area contributed by atoms with E-state index < -0.39 is 27.9 Å². The lowest BCUT2D eigenvalue weighted by Crippen LogP contribution is -2.46. The molecule has 0 atom stereocenters. The molecule has 0 saturated carbocycles. The smallest absolute Gasteiger partial charge is 0.322 e. The van der Waals surface area contributed by atoms with Gasteiger partial charge in [0.05, 0.1) is 36.1 Å². The minimum Gasteiger partial charge on any atom is -0.491 e. The second-order valence-electron chi connectivity index (χ2n) is 14.4. The van der Waals surface area contributed by atoms with Crippen LogP contribution < -0.4 is 30.7 Å². The Morgan fingerprint density at radius 3 is 1.44 bits per heavy atom. The Morgan fingerprint density at radius 2 is 0.969 bits per heavy atom. The molecular weight excluding hydrogens is 827 g/mol. The number of urea groups is 3. The summed E-state index contributed by atoms with van der Waals surface area (Å²) >= 11 is 0. The molecule has 19 nitrogen and oxygen atoms in total. The average Bonchev–Trinajstić information content (AvgIpc) is 3.29. The number of rotatable bonds is 8. The summed E-state index contributed by atoms with van der Waals surface area (Å²) < 4.78 is 18.1. The fraction of sp³-hybridized carbons (Fsp3) is 0.267. The first-order valence-electron chi connectivity index (χ1n) is 20.5. The van der Waals surface area contributed by atoms with E-state index in [1.807, 2.05) is 71.6 Å². The zero-order valence-corrected chi connectivity index (χ0v) is 34.9. The van der Waals surface area contributed by atoms with Gasteiger partial charge in [-0.05, 0) is 48.5 Å². The summed E-state index contributed by atoms with van der Waals surface area (Å²) in [5.41, 5.74) is 2.52. The largest absolute Gasteiger partial charge is 0.491 e. The number of nitrogens with zero attached hydrogens (tertiary/aromatic N) is 5. The van der Waals surface area contributed by atoms with Crippen LogP contribution in [0.2, 0.25) is 0 Å². The third-order valence-electron chi connectivity index (χ3n) is 9.99. The Hall–Kier alpha value is -7.77. The zero-order valence-electron chi connectivity index (χ0n) is 34.9. The Morgan fingerprint density at radius 1 is 0.531 bits per heavy atom. The molecule has 5 aromatic rings. The predicted molar refractivity (Wildman–Crippen MR) is 240 cm³/mol. The molecule has 0 bridgehead atoms. The van der Waals surface area contributed by atoms with Crippen molar-refractivity contribution in [2.45, 2.75) is 13.1 Å². The molecule has 0 unspecified atom stereocenters. The van der Waals surface area contributed by atoms with Gasteiger partial charge in [-0.2, -0.15) is 0 Å². The highest BCUT2D eigenvalue weighted by atomic mass is 16.6. The molecular formula is C45H49N9O10. The lowest BCUT2D eigenvalue weighted by Gasteiger charge is -2.31. The van der Waals surface area contributed by atoms with Crippen LogP contribution in [0.25, 0.3) is 0 Å². The van der Waals surface area contributed by atoms with E-state index in [9.17, 15) is 34.6 Å². The number of anilines is 3. The fourth-order valence-electron chi connectivity index (χ4n) is 6.61. The van der Waals surface area contributed by atoms with Crippen LogP contribution in [-0.4, -0.2) is 108 Å². The molecule has 1 heterocycles. The summed E-state index contributed by atoms with van der Waals surface area (Å²) in [5.74, 6) is 1.11. The third kappa shape index (κ3) is 14.1. The Bertz CT molecular complexity index is 2200. The minimum absolute atomic E-state index is 0.121. The lowest BCUT2D eigenvalue weighted by molar-refractivity contribution is -0.385. The predicted octanol–water partition coefficient (Wildman–Crippen LogP) is 7.18. The van der Waals surface area contributed by atoms with Gasteiger partial charge < -0.3 is 45.3 Å². The fourth-order valence-corrected chi connectivity index (χ4v) is 6.61. The van der Waals surface area contributed by atoms with Crippen molar-refractivity contribution in [3.05, 3.63) is 159 Å². The van der Waals surface area contributed by atoms with E-state index in [-0.39, 0.29) is 83.6 Å². The zero-order chi connectivity index (χ0) is 45.1. The molecule has 5 aromatic carbocycles. The van der Waals surface area contributed by atoms with Crippen molar-refractivity contribution in [1.82, 2.24) is 20.0 Å². The average molecular weight is 876 g/mol. The number of hydrogen-bond donors (Lipinski definition) is 4. The highest BCUT2D eigenvalue weighted by molar-refractivity contribution is 5.90. The number of benzene rings is 5. The van der Waals surface area contributed by atoms with E-state index in [1.54, 1.807) is 21.9 Å². The first-order chi connectivity index (χ1) is 31.1. The van der Waals surface area contributed by atoms with Gasteiger partial charge >= 0.3 is 18.1 Å².